The summed E-state index contributed by atoms with van der Waals surface area (Å²) in [6.07, 6.45) is 5.46. The Kier molecular flexibility index (Phi) is 11.1. The number of hydrogen-bond acceptors (Lipinski definition) is 4. The van der Waals surface area contributed by atoms with E-state index in [9.17, 15) is 19.2 Å². The van der Waals surface area contributed by atoms with E-state index in [4.69, 9.17) is 0 Å². The van der Waals surface area contributed by atoms with Crippen molar-refractivity contribution < 1.29 is 19.2 Å². The van der Waals surface area contributed by atoms with E-state index in [-0.39, 0.29) is 25.4 Å². The fraction of sp³-hybridized carbons (Fsp3) is 0.529. The molecule has 0 saturated heterocycles. The molecular formula is C17H26N2O4. The Morgan fingerprint density at radius 3 is 1.96 bits per heavy atom. The quantitative estimate of drug-likeness (QED) is 0.396. The van der Waals surface area contributed by atoms with E-state index in [1.165, 1.54) is 0 Å². The molecule has 0 aromatic rings. The Morgan fingerprint density at radius 1 is 0.957 bits per heavy atom. The van der Waals surface area contributed by atoms with Gasteiger partial charge in [0.05, 0.1) is 0 Å². The van der Waals surface area contributed by atoms with Crippen molar-refractivity contribution in [2.75, 3.05) is 6.54 Å². The lowest BCUT2D eigenvalue weighted by molar-refractivity contribution is -0.138. The molecule has 1 atom stereocenters. The number of amides is 2. The molecule has 0 heterocycles. The zero-order valence-electron chi connectivity index (χ0n) is 13.7. The van der Waals surface area contributed by atoms with Crippen molar-refractivity contribution in [3.8, 4) is 0 Å². The molecule has 0 saturated carbocycles. The van der Waals surface area contributed by atoms with Crippen LogP contribution in [0, 0.1) is 0 Å². The van der Waals surface area contributed by atoms with Crippen LogP contribution in [0.2, 0.25) is 0 Å². The molecule has 6 nitrogen and oxygen atoms in total. The zero-order valence-corrected chi connectivity index (χ0v) is 13.7. The first-order valence-corrected chi connectivity index (χ1v) is 7.82. The van der Waals surface area contributed by atoms with Crippen LogP contribution in [0.25, 0.3) is 0 Å². The van der Waals surface area contributed by atoms with Gasteiger partial charge < -0.3 is 10.6 Å². The van der Waals surface area contributed by atoms with Crippen LogP contribution in [0.1, 0.15) is 45.4 Å². The van der Waals surface area contributed by atoms with E-state index in [1.54, 1.807) is 12.2 Å². The third-order valence-electron chi connectivity index (χ3n) is 3.26. The SMILES string of the molecule is C=CCCC(=O)C(=O)NCCC(CC)NC(=O)C(=O)CCC=C. The average Bonchev–Trinajstić information content (AvgIpc) is 2.55. The molecule has 6 heteroatoms. The van der Waals surface area contributed by atoms with E-state index in [1.807, 2.05) is 6.92 Å². The molecule has 0 bridgehead atoms. The van der Waals surface area contributed by atoms with Crippen molar-refractivity contribution in [1.29, 1.82) is 0 Å². The Bertz CT molecular complexity index is 458. The van der Waals surface area contributed by atoms with Gasteiger partial charge in [0.2, 0.25) is 11.6 Å². The summed E-state index contributed by atoms with van der Waals surface area (Å²) in [7, 11) is 0. The number of rotatable bonds is 13. The molecule has 128 valence electrons. The third-order valence-corrected chi connectivity index (χ3v) is 3.26. The smallest absolute Gasteiger partial charge is 0.287 e. The van der Waals surface area contributed by atoms with Crippen molar-refractivity contribution >= 4 is 23.4 Å². The van der Waals surface area contributed by atoms with Crippen LogP contribution in [-0.2, 0) is 19.2 Å². The Morgan fingerprint density at radius 2 is 1.48 bits per heavy atom. The predicted octanol–water partition coefficient (Wildman–Crippen LogP) is 1.46. The largest absolute Gasteiger partial charge is 0.349 e. The number of ketones is 2. The van der Waals surface area contributed by atoms with Crippen molar-refractivity contribution in [3.63, 3.8) is 0 Å². The highest BCUT2D eigenvalue weighted by Gasteiger charge is 2.17. The predicted molar refractivity (Wildman–Crippen MR) is 88.7 cm³/mol. The summed E-state index contributed by atoms with van der Waals surface area (Å²) < 4.78 is 0. The second kappa shape index (κ2) is 12.3. The van der Waals surface area contributed by atoms with Gasteiger partial charge >= 0.3 is 0 Å². The maximum Gasteiger partial charge on any atom is 0.287 e. The van der Waals surface area contributed by atoms with Crippen LogP contribution in [0.15, 0.2) is 25.3 Å². The maximum atomic E-state index is 11.7. The minimum absolute atomic E-state index is 0.139. The summed E-state index contributed by atoms with van der Waals surface area (Å²) in [4.78, 5) is 46.2. The first-order valence-electron chi connectivity index (χ1n) is 7.82. The molecule has 0 aliphatic rings. The average molecular weight is 322 g/mol. The van der Waals surface area contributed by atoms with Gasteiger partial charge in [-0.1, -0.05) is 19.1 Å². The molecule has 2 N–H and O–H groups in total. The Balaban J connectivity index is 4.14. The summed E-state index contributed by atoms with van der Waals surface area (Å²) in [6.45, 7) is 9.13. The highest BCUT2D eigenvalue weighted by atomic mass is 16.2. The molecule has 0 fully saturated rings. The molecule has 0 aromatic heterocycles. The van der Waals surface area contributed by atoms with Gasteiger partial charge in [0.25, 0.3) is 11.8 Å². The van der Waals surface area contributed by atoms with Crippen LogP contribution in [-0.4, -0.2) is 36.0 Å². The number of Topliss-reactive ketones (excluding diaryl/α,β-unsaturated/α-hetero) is 2. The minimum atomic E-state index is -0.630. The fourth-order valence-electron chi connectivity index (χ4n) is 1.80. The van der Waals surface area contributed by atoms with Crippen LogP contribution >= 0.6 is 0 Å². The Hall–Kier alpha value is -2.24. The molecule has 0 spiro atoms. The van der Waals surface area contributed by atoms with E-state index in [2.05, 4.69) is 23.8 Å². The van der Waals surface area contributed by atoms with E-state index in [0.717, 1.165) is 0 Å². The second-order valence-electron chi connectivity index (χ2n) is 5.12. The number of carbonyl (C=O) groups is 4. The van der Waals surface area contributed by atoms with Crippen LogP contribution < -0.4 is 10.6 Å². The van der Waals surface area contributed by atoms with Crippen LogP contribution in [0.3, 0.4) is 0 Å². The summed E-state index contributed by atoms with van der Waals surface area (Å²) >= 11 is 0. The summed E-state index contributed by atoms with van der Waals surface area (Å²) in [5.41, 5.74) is 0. The van der Waals surface area contributed by atoms with Gasteiger partial charge in [-0.05, 0) is 25.7 Å². The van der Waals surface area contributed by atoms with Gasteiger partial charge in [-0.25, -0.2) is 0 Å². The Labute approximate surface area is 137 Å². The third kappa shape index (κ3) is 9.39. The molecule has 0 aliphatic heterocycles. The van der Waals surface area contributed by atoms with Crippen LogP contribution in [0.4, 0.5) is 0 Å². The lowest BCUT2D eigenvalue weighted by atomic mass is 10.1. The molecular weight excluding hydrogens is 296 g/mol. The highest BCUT2D eigenvalue weighted by molar-refractivity contribution is 6.36. The first-order chi connectivity index (χ1) is 11.0. The van der Waals surface area contributed by atoms with E-state index < -0.39 is 23.4 Å². The van der Waals surface area contributed by atoms with Gasteiger partial charge in [0.15, 0.2) is 0 Å². The highest BCUT2D eigenvalue weighted by Crippen LogP contribution is 1.99. The topological polar surface area (TPSA) is 92.3 Å². The van der Waals surface area contributed by atoms with Gasteiger partial charge in [0, 0.05) is 25.4 Å². The van der Waals surface area contributed by atoms with E-state index >= 15 is 0 Å². The molecule has 23 heavy (non-hydrogen) atoms. The van der Waals surface area contributed by atoms with Crippen molar-refractivity contribution in [3.05, 3.63) is 25.3 Å². The summed E-state index contributed by atoms with van der Waals surface area (Å²) in [5.74, 6) is -2.21. The molecule has 1 unspecified atom stereocenters. The number of nitrogens with one attached hydrogen (secondary N) is 2. The van der Waals surface area contributed by atoms with Crippen LogP contribution in [0.5, 0.6) is 0 Å². The molecule has 0 radical (unpaired) electrons. The minimum Gasteiger partial charge on any atom is -0.349 e. The van der Waals surface area contributed by atoms with Gasteiger partial charge in [0.1, 0.15) is 0 Å². The second-order valence-corrected chi connectivity index (χ2v) is 5.12. The summed E-state index contributed by atoms with van der Waals surface area (Å²) in [6, 6.07) is -0.223. The standard InChI is InChI=1S/C17H26N2O4/c1-4-7-9-14(20)16(22)18-12-11-13(6-3)19-17(23)15(21)10-8-5-2/h4-5,13H,1-2,6-12H2,3H3,(H,18,22)(H,19,23). The van der Waals surface area contributed by atoms with Gasteiger partial charge in [-0.2, -0.15) is 0 Å². The number of allylic oxidation sites excluding steroid dienone is 2. The van der Waals surface area contributed by atoms with Gasteiger partial charge in [-0.15, -0.1) is 13.2 Å². The molecule has 2 amide bonds. The lowest BCUT2D eigenvalue weighted by Gasteiger charge is -2.16. The normalized spacial score (nSPS) is 11.2. The maximum absolute atomic E-state index is 11.7. The number of hydrogen-bond donors (Lipinski definition) is 2. The summed E-state index contributed by atoms with van der Waals surface area (Å²) in [5, 5.41) is 5.16. The fourth-order valence-corrected chi connectivity index (χ4v) is 1.80. The molecule has 0 rings (SSSR count). The van der Waals surface area contributed by atoms with Crippen molar-refractivity contribution in [2.24, 2.45) is 0 Å². The van der Waals surface area contributed by atoms with Crippen molar-refractivity contribution in [2.45, 2.75) is 51.5 Å². The van der Waals surface area contributed by atoms with E-state index in [0.29, 0.717) is 25.7 Å². The number of carbonyl (C=O) groups excluding carboxylic acids is 4. The first kappa shape index (κ1) is 20.8. The molecule has 0 aromatic carbocycles. The lowest BCUT2D eigenvalue weighted by Crippen LogP contribution is -2.41. The molecule has 0 aliphatic carbocycles. The van der Waals surface area contributed by atoms with Gasteiger partial charge in [-0.3, -0.25) is 19.2 Å². The zero-order chi connectivity index (χ0) is 17.7. The van der Waals surface area contributed by atoms with Crippen molar-refractivity contribution in [1.82, 2.24) is 10.6 Å². The monoisotopic (exact) mass is 322 g/mol.